The maximum Gasteiger partial charge on any atom is 0.335 e. The number of hydrogen-bond donors (Lipinski definition) is 4. The fourth-order valence-corrected chi connectivity index (χ4v) is 7.58. The highest BCUT2D eigenvalue weighted by Gasteiger charge is 2.25. The van der Waals surface area contributed by atoms with Crippen LogP contribution in [0.4, 0.5) is 34.9 Å². The van der Waals surface area contributed by atoms with E-state index in [1.807, 2.05) is 66.7 Å². The highest BCUT2D eigenvalue weighted by atomic mass is 32.1. The molecule has 2 aromatic heterocycles. The molecule has 0 spiro atoms. The first-order valence-corrected chi connectivity index (χ1v) is 19.8. The van der Waals surface area contributed by atoms with Crippen molar-refractivity contribution in [2.75, 3.05) is 16.0 Å². The second kappa shape index (κ2) is 16.9. The molecule has 11 nitrogen and oxygen atoms in total. The number of anilines is 6. The minimum atomic E-state index is -0.500. The predicted octanol–water partition coefficient (Wildman–Crippen LogP) is 11.2. The van der Waals surface area contributed by atoms with Gasteiger partial charge in [-0.3, -0.25) is 0 Å². The van der Waals surface area contributed by atoms with Gasteiger partial charge >= 0.3 is 11.9 Å². The average Bonchev–Trinajstić information content (AvgIpc) is 3.60. The van der Waals surface area contributed by atoms with Crippen LogP contribution in [-0.4, -0.2) is 31.9 Å². The Hall–Kier alpha value is -6.96. The summed E-state index contributed by atoms with van der Waals surface area (Å²) in [6.45, 7) is 15.5. The van der Waals surface area contributed by atoms with Crippen LogP contribution in [0.3, 0.4) is 0 Å². The lowest BCUT2D eigenvalue weighted by atomic mass is 9.78. The van der Waals surface area contributed by atoms with E-state index >= 15 is 0 Å². The maximum atomic E-state index is 11.6. The molecule has 7 aromatic rings. The van der Waals surface area contributed by atoms with Gasteiger partial charge in [0.1, 0.15) is 11.5 Å². The molecule has 0 saturated heterocycles. The third-order valence-electron chi connectivity index (χ3n) is 9.96. The third kappa shape index (κ3) is 9.44. The molecule has 0 atom stereocenters. The second-order valence-corrected chi connectivity index (χ2v) is 16.3. The largest absolute Gasteiger partial charge is 0.423 e. The molecular formula is C46H41N7O4S2. The van der Waals surface area contributed by atoms with E-state index in [-0.39, 0.29) is 10.8 Å². The summed E-state index contributed by atoms with van der Waals surface area (Å²) in [4.78, 5) is 40.6. The van der Waals surface area contributed by atoms with E-state index in [4.69, 9.17) is 36.6 Å². The Morgan fingerprint density at radius 1 is 0.593 bits per heavy atom. The Morgan fingerprint density at radius 3 is 1.34 bits per heavy atom. The van der Waals surface area contributed by atoms with Crippen LogP contribution in [0.5, 0.6) is 11.5 Å². The lowest BCUT2D eigenvalue weighted by Crippen LogP contribution is -2.19. The molecule has 0 bridgehead atoms. The average molecular weight is 820 g/mol. The fraction of sp³-hybridized carbons (Fsp3) is 0.130. The van der Waals surface area contributed by atoms with Gasteiger partial charge in [0.2, 0.25) is 17.8 Å². The van der Waals surface area contributed by atoms with Gasteiger partial charge in [-0.1, -0.05) is 89.4 Å². The molecule has 4 N–H and O–H groups in total. The highest BCUT2D eigenvalue weighted by molar-refractivity contribution is 7.73. The number of carbonyl (C=O) groups excluding carboxylic acids is 2. The van der Waals surface area contributed by atoms with Gasteiger partial charge in [-0.25, -0.2) is 9.59 Å². The Morgan fingerprint density at radius 2 is 0.949 bits per heavy atom. The van der Waals surface area contributed by atoms with Crippen LogP contribution >= 0.6 is 23.6 Å². The zero-order valence-corrected chi connectivity index (χ0v) is 34.5. The minimum Gasteiger partial charge on any atom is -0.423 e. The van der Waals surface area contributed by atoms with Crippen molar-refractivity contribution < 1.29 is 19.1 Å². The number of fused-ring (bicyclic) bond motifs is 1. The Labute approximate surface area is 350 Å². The summed E-state index contributed by atoms with van der Waals surface area (Å²) in [6, 6.07) is 37.0. The smallest absolute Gasteiger partial charge is 0.335 e. The highest BCUT2D eigenvalue weighted by Crippen LogP contribution is 2.35. The zero-order valence-electron chi connectivity index (χ0n) is 32.8. The quantitative estimate of drug-likeness (QED) is 0.0360. The van der Waals surface area contributed by atoms with Crippen LogP contribution in [0.25, 0.3) is 10.2 Å². The van der Waals surface area contributed by atoms with Crippen LogP contribution in [0, 0.1) is 3.95 Å². The first-order chi connectivity index (χ1) is 28.3. The molecule has 13 heteroatoms. The van der Waals surface area contributed by atoms with E-state index in [0.717, 1.165) is 61.7 Å². The number of nitrogens with one attached hydrogen (secondary N) is 4. The van der Waals surface area contributed by atoms with Crippen molar-refractivity contribution in [3.8, 4) is 11.5 Å². The number of aromatic nitrogens is 4. The molecule has 0 aliphatic heterocycles. The molecule has 59 heavy (non-hydrogen) atoms. The number of esters is 2. The van der Waals surface area contributed by atoms with Crippen molar-refractivity contribution in [2.45, 2.75) is 38.5 Å². The van der Waals surface area contributed by atoms with Crippen LogP contribution in [0.2, 0.25) is 0 Å². The second-order valence-electron chi connectivity index (χ2n) is 14.6. The molecule has 5 aromatic carbocycles. The fourth-order valence-electron chi connectivity index (χ4n) is 6.42. The minimum absolute atomic E-state index is 0.333. The number of hydrogen-bond acceptors (Lipinski definition) is 12. The molecule has 0 aliphatic rings. The van der Waals surface area contributed by atoms with E-state index < -0.39 is 11.9 Å². The van der Waals surface area contributed by atoms with Crippen LogP contribution in [-0.2, 0) is 20.4 Å². The summed E-state index contributed by atoms with van der Waals surface area (Å²) >= 11 is 6.85. The molecular weight excluding hydrogens is 779 g/mol. The molecule has 0 aliphatic carbocycles. The van der Waals surface area contributed by atoms with Gasteiger partial charge in [-0.2, -0.15) is 15.0 Å². The lowest BCUT2D eigenvalue weighted by Gasteiger charge is -2.26. The molecule has 7 rings (SSSR count). The normalized spacial score (nSPS) is 11.4. The van der Waals surface area contributed by atoms with E-state index in [9.17, 15) is 9.59 Å². The summed E-state index contributed by atoms with van der Waals surface area (Å²) in [5.74, 6) is 0.920. The van der Waals surface area contributed by atoms with Gasteiger partial charge in [0.15, 0.2) is 3.95 Å². The predicted molar refractivity (Wildman–Crippen MR) is 238 cm³/mol. The molecule has 296 valence electrons. The number of nitrogens with zero attached hydrogens (tertiary/aromatic N) is 3. The van der Waals surface area contributed by atoms with Crippen LogP contribution < -0.4 is 25.4 Å². The van der Waals surface area contributed by atoms with Gasteiger partial charge in [0.25, 0.3) is 0 Å². The Balaban J connectivity index is 1.12. The standard InChI is InChI=1S/C46H41N7O4S2/c1-7-39(54)56-35-22-13-30(14-23-35)45(3,4)28-9-17-32(18-10-28)47-41-51-42(53-43(52-41)49-34-21-26-37-38(27-34)59-44(58)50-37)48-33-19-11-29(12-20-33)46(5,6)31-15-24-36(25-16-31)57-40(55)8-2/h7-27H,1-2H2,3-6H3,(H,50,58)(H3,47,48,49,51,52,53). The van der Waals surface area contributed by atoms with E-state index in [0.29, 0.717) is 33.3 Å². The Bertz CT molecular complexity index is 2580. The third-order valence-corrected chi connectivity index (χ3v) is 11.2. The van der Waals surface area contributed by atoms with Crippen molar-refractivity contribution in [3.05, 3.63) is 167 Å². The summed E-state index contributed by atoms with van der Waals surface area (Å²) < 4.78 is 12.2. The van der Waals surface area contributed by atoms with E-state index in [1.165, 1.54) is 11.3 Å². The van der Waals surface area contributed by atoms with E-state index in [2.05, 4.69) is 86.1 Å². The number of rotatable bonds is 14. The number of H-pyrrole nitrogens is 1. The number of thiazole rings is 1. The molecule has 0 amide bonds. The topological polar surface area (TPSA) is 143 Å². The summed E-state index contributed by atoms with van der Waals surface area (Å²) in [5.41, 5.74) is 6.92. The van der Waals surface area contributed by atoms with Gasteiger partial charge in [-0.05, 0) is 101 Å². The number of ether oxygens (including phenoxy) is 2. The van der Waals surface area contributed by atoms with Crippen molar-refractivity contribution in [3.63, 3.8) is 0 Å². The maximum absolute atomic E-state index is 11.6. The number of aromatic amines is 1. The van der Waals surface area contributed by atoms with Gasteiger partial charge < -0.3 is 30.4 Å². The molecule has 0 saturated carbocycles. The first-order valence-electron chi connectivity index (χ1n) is 18.6. The monoisotopic (exact) mass is 819 g/mol. The molecule has 0 unspecified atom stereocenters. The first kappa shape index (κ1) is 40.2. The number of benzene rings is 5. The van der Waals surface area contributed by atoms with Gasteiger partial charge in [0.05, 0.1) is 10.2 Å². The van der Waals surface area contributed by atoms with Gasteiger partial charge in [-0.15, -0.1) is 11.3 Å². The SMILES string of the molecule is C=CC(=O)Oc1ccc(C(C)(C)c2ccc(Nc3nc(Nc4ccc(C(C)(C)c5ccc(OC(=O)C=C)cc5)cc4)nc(Nc4ccc5[nH]c(=S)sc5c4)n3)cc2)cc1. The van der Waals surface area contributed by atoms with Crippen LogP contribution in [0.15, 0.2) is 141 Å². The molecule has 0 fully saturated rings. The zero-order chi connectivity index (χ0) is 41.7. The van der Waals surface area contributed by atoms with Gasteiger partial charge in [0, 0.05) is 40.0 Å². The van der Waals surface area contributed by atoms with Crippen LogP contribution in [0.1, 0.15) is 49.9 Å². The van der Waals surface area contributed by atoms with Crippen molar-refractivity contribution in [1.82, 2.24) is 19.9 Å². The van der Waals surface area contributed by atoms with Crippen molar-refractivity contribution >= 4 is 80.6 Å². The summed E-state index contributed by atoms with van der Waals surface area (Å²) in [5, 5.41) is 10.1. The number of carbonyl (C=O) groups is 2. The Kier molecular flexibility index (Phi) is 11.5. The van der Waals surface area contributed by atoms with Crippen molar-refractivity contribution in [2.24, 2.45) is 0 Å². The summed E-state index contributed by atoms with van der Waals surface area (Å²) in [7, 11) is 0. The lowest BCUT2D eigenvalue weighted by molar-refractivity contribution is -0.129. The van der Waals surface area contributed by atoms with Crippen molar-refractivity contribution in [1.29, 1.82) is 0 Å². The molecule has 0 radical (unpaired) electrons. The summed E-state index contributed by atoms with van der Waals surface area (Å²) in [6.07, 6.45) is 2.28. The van der Waals surface area contributed by atoms with E-state index in [1.54, 1.807) is 24.3 Å². The molecule has 2 heterocycles.